The number of nitrogen functional groups attached to an aromatic ring is 1. The highest BCUT2D eigenvalue weighted by molar-refractivity contribution is 6.30. The number of nitrogens with zero attached hydrogens (tertiary/aromatic N) is 3. The summed E-state index contributed by atoms with van der Waals surface area (Å²) in [5.41, 5.74) is 9.93. The molecule has 0 bridgehead atoms. The number of benzene rings is 2. The highest BCUT2D eigenvalue weighted by Gasteiger charge is 2.25. The van der Waals surface area contributed by atoms with Crippen LogP contribution in [0.25, 0.3) is 27.9 Å². The molecule has 0 aliphatic heterocycles. The molecule has 0 fully saturated rings. The number of hydrogen-bond acceptors (Lipinski definition) is 4. The molecule has 4 aromatic rings. The number of halogens is 1. The molecule has 0 aliphatic rings. The van der Waals surface area contributed by atoms with E-state index in [0.717, 1.165) is 17.6 Å². The molecule has 0 spiro atoms. The molecule has 0 saturated heterocycles. The Morgan fingerprint density at radius 1 is 1.18 bits per heavy atom. The molecule has 1 amide bonds. The quantitative estimate of drug-likeness (QED) is 0.540. The van der Waals surface area contributed by atoms with Gasteiger partial charge in [0.1, 0.15) is 16.9 Å². The highest BCUT2D eigenvalue weighted by Crippen LogP contribution is 2.31. The minimum atomic E-state index is -0.262. The lowest BCUT2D eigenvalue weighted by Crippen LogP contribution is -2.32. The molecule has 142 valence electrons. The smallest absolute Gasteiger partial charge is 0.257 e. The van der Waals surface area contributed by atoms with Gasteiger partial charge in [-0.1, -0.05) is 36.7 Å². The van der Waals surface area contributed by atoms with Crippen LogP contribution in [0.1, 0.15) is 30.6 Å². The number of nitrogens with one attached hydrogen (secondary N) is 1. The first-order valence-electron chi connectivity index (χ1n) is 9.13. The van der Waals surface area contributed by atoms with Crippen molar-refractivity contribution >= 4 is 45.5 Å². The maximum atomic E-state index is 13.0. The van der Waals surface area contributed by atoms with E-state index in [4.69, 9.17) is 27.3 Å². The number of hydrogen-bond donors (Lipinski definition) is 2. The molecule has 2 aromatic heterocycles. The fourth-order valence-electron chi connectivity index (χ4n) is 3.16. The molecule has 7 heteroatoms. The summed E-state index contributed by atoms with van der Waals surface area (Å²) in [7, 11) is 0. The maximum absolute atomic E-state index is 13.0. The Labute approximate surface area is 167 Å². The average molecular weight is 394 g/mol. The molecule has 4 rings (SSSR count). The van der Waals surface area contributed by atoms with Crippen molar-refractivity contribution < 1.29 is 4.79 Å². The molecule has 28 heavy (non-hydrogen) atoms. The van der Waals surface area contributed by atoms with Crippen molar-refractivity contribution in [3.05, 3.63) is 59.1 Å². The van der Waals surface area contributed by atoms with E-state index in [2.05, 4.69) is 5.32 Å². The lowest BCUT2D eigenvalue weighted by atomic mass is 10.2. The van der Waals surface area contributed by atoms with Crippen molar-refractivity contribution in [2.45, 2.75) is 26.3 Å². The Balaban J connectivity index is 2.04. The third-order valence-electron chi connectivity index (χ3n) is 4.78. The van der Waals surface area contributed by atoms with Gasteiger partial charge in [0.05, 0.1) is 16.7 Å². The summed E-state index contributed by atoms with van der Waals surface area (Å²) >= 11 is 6.18. The van der Waals surface area contributed by atoms with Crippen LogP contribution in [0.5, 0.6) is 0 Å². The number of carbonyl (C=O) groups excluding carboxylic acids is 1. The molecule has 6 nitrogen and oxygen atoms in total. The van der Waals surface area contributed by atoms with E-state index in [1.807, 2.05) is 50.2 Å². The monoisotopic (exact) mass is 393 g/mol. The predicted octanol–water partition coefficient (Wildman–Crippen LogP) is 4.34. The van der Waals surface area contributed by atoms with E-state index in [1.165, 1.54) is 0 Å². The molecule has 2 aromatic carbocycles. The van der Waals surface area contributed by atoms with Crippen molar-refractivity contribution in [3.8, 4) is 5.69 Å². The van der Waals surface area contributed by atoms with Crippen molar-refractivity contribution in [1.82, 2.24) is 19.9 Å². The van der Waals surface area contributed by atoms with Gasteiger partial charge in [-0.05, 0) is 43.7 Å². The van der Waals surface area contributed by atoms with Crippen LogP contribution in [-0.2, 0) is 0 Å². The second kappa shape index (κ2) is 7.13. The molecule has 2 heterocycles. The summed E-state index contributed by atoms with van der Waals surface area (Å²) < 4.78 is 1.73. The third kappa shape index (κ3) is 3.05. The highest BCUT2D eigenvalue weighted by atomic mass is 35.5. The molecule has 1 unspecified atom stereocenters. The average Bonchev–Trinajstić information content (AvgIpc) is 2.96. The van der Waals surface area contributed by atoms with Gasteiger partial charge in [-0.25, -0.2) is 9.97 Å². The second-order valence-corrected chi connectivity index (χ2v) is 7.18. The van der Waals surface area contributed by atoms with Crippen LogP contribution in [0.2, 0.25) is 5.02 Å². The Bertz CT molecular complexity index is 1200. The van der Waals surface area contributed by atoms with Gasteiger partial charge < -0.3 is 11.1 Å². The van der Waals surface area contributed by atoms with Crippen molar-refractivity contribution in [2.24, 2.45) is 0 Å². The number of anilines is 1. The number of amides is 1. The van der Waals surface area contributed by atoms with Gasteiger partial charge >= 0.3 is 0 Å². The Morgan fingerprint density at radius 2 is 1.89 bits per heavy atom. The van der Waals surface area contributed by atoms with Crippen LogP contribution in [0.4, 0.5) is 5.82 Å². The zero-order valence-electron chi connectivity index (χ0n) is 15.6. The first kappa shape index (κ1) is 18.3. The molecular weight excluding hydrogens is 374 g/mol. The maximum Gasteiger partial charge on any atom is 0.257 e. The Kier molecular flexibility index (Phi) is 4.65. The molecule has 0 aliphatic carbocycles. The fourth-order valence-corrected chi connectivity index (χ4v) is 3.34. The van der Waals surface area contributed by atoms with E-state index in [0.29, 0.717) is 27.3 Å². The van der Waals surface area contributed by atoms with Gasteiger partial charge in [0.25, 0.3) is 5.91 Å². The summed E-state index contributed by atoms with van der Waals surface area (Å²) in [5.74, 6) is 0.0237. The van der Waals surface area contributed by atoms with E-state index >= 15 is 0 Å². The first-order valence-corrected chi connectivity index (χ1v) is 9.51. The summed E-state index contributed by atoms with van der Waals surface area (Å²) in [6.07, 6.45) is 0.813. The fraction of sp³-hybridized carbons (Fsp3) is 0.190. The number of rotatable bonds is 4. The normalized spacial score (nSPS) is 12.4. The standard InChI is InChI=1S/C21H20ClN5O/c1-3-12(2)24-21(28)17-18-20(26-16-10-5-4-9-15(16)25-18)27(19(17)23)14-8-6-7-13(22)11-14/h4-12H,3,23H2,1-2H3,(H,24,28). The van der Waals surface area contributed by atoms with Crippen molar-refractivity contribution in [3.63, 3.8) is 0 Å². The molecule has 0 saturated carbocycles. The van der Waals surface area contributed by atoms with Crippen LogP contribution in [0.15, 0.2) is 48.5 Å². The topological polar surface area (TPSA) is 85.8 Å². The zero-order chi connectivity index (χ0) is 19.8. The van der Waals surface area contributed by atoms with Crippen molar-refractivity contribution in [1.29, 1.82) is 0 Å². The summed E-state index contributed by atoms with van der Waals surface area (Å²) in [5, 5.41) is 3.54. The van der Waals surface area contributed by atoms with Crippen LogP contribution >= 0.6 is 11.6 Å². The van der Waals surface area contributed by atoms with Crippen LogP contribution in [-0.4, -0.2) is 26.5 Å². The van der Waals surface area contributed by atoms with E-state index < -0.39 is 0 Å². The number of aromatic nitrogens is 3. The number of fused-ring (bicyclic) bond motifs is 2. The van der Waals surface area contributed by atoms with Gasteiger partial charge in [0.15, 0.2) is 5.65 Å². The van der Waals surface area contributed by atoms with E-state index in [1.54, 1.807) is 16.7 Å². The number of para-hydroxylation sites is 2. The lowest BCUT2D eigenvalue weighted by molar-refractivity contribution is 0.0941. The minimum absolute atomic E-state index is 0.0184. The van der Waals surface area contributed by atoms with Gasteiger partial charge in [-0.3, -0.25) is 9.36 Å². The van der Waals surface area contributed by atoms with E-state index in [-0.39, 0.29) is 17.8 Å². The third-order valence-corrected chi connectivity index (χ3v) is 5.02. The zero-order valence-corrected chi connectivity index (χ0v) is 16.4. The van der Waals surface area contributed by atoms with Gasteiger partial charge in [0, 0.05) is 11.1 Å². The predicted molar refractivity (Wildman–Crippen MR) is 113 cm³/mol. The van der Waals surface area contributed by atoms with Crippen molar-refractivity contribution in [2.75, 3.05) is 5.73 Å². The van der Waals surface area contributed by atoms with E-state index in [9.17, 15) is 4.79 Å². The summed E-state index contributed by atoms with van der Waals surface area (Å²) in [6, 6.07) is 14.8. The SMILES string of the molecule is CCC(C)NC(=O)c1c(N)n(-c2cccc(Cl)c2)c2nc3ccccc3nc12. The lowest BCUT2D eigenvalue weighted by Gasteiger charge is -2.11. The molecule has 3 N–H and O–H groups in total. The van der Waals surface area contributed by atoms with Crippen LogP contribution in [0, 0.1) is 0 Å². The van der Waals surface area contributed by atoms with Gasteiger partial charge in [-0.15, -0.1) is 0 Å². The summed E-state index contributed by atoms with van der Waals surface area (Å²) in [4.78, 5) is 22.4. The number of nitrogens with two attached hydrogens (primary N) is 1. The minimum Gasteiger partial charge on any atom is -0.384 e. The largest absolute Gasteiger partial charge is 0.384 e. The van der Waals surface area contributed by atoms with Crippen LogP contribution in [0.3, 0.4) is 0 Å². The number of carbonyl (C=O) groups is 1. The van der Waals surface area contributed by atoms with Gasteiger partial charge in [0.2, 0.25) is 0 Å². The van der Waals surface area contributed by atoms with Crippen LogP contribution < -0.4 is 11.1 Å². The Morgan fingerprint density at radius 3 is 2.57 bits per heavy atom. The molecular formula is C21H20ClN5O. The molecule has 0 radical (unpaired) electrons. The van der Waals surface area contributed by atoms with Gasteiger partial charge in [-0.2, -0.15) is 0 Å². The Hall–Kier alpha value is -3.12. The molecule has 1 atom stereocenters. The first-order chi connectivity index (χ1) is 13.5. The summed E-state index contributed by atoms with van der Waals surface area (Å²) in [6.45, 7) is 3.96. The second-order valence-electron chi connectivity index (χ2n) is 6.74.